The van der Waals surface area contributed by atoms with Crippen LogP contribution >= 0.6 is 11.6 Å². The van der Waals surface area contributed by atoms with Crippen molar-refractivity contribution in [1.29, 1.82) is 0 Å². The molecule has 150 valence electrons. The Morgan fingerprint density at radius 3 is 2.54 bits per heavy atom. The normalized spacial score (nSPS) is 15.4. The van der Waals surface area contributed by atoms with E-state index in [0.717, 1.165) is 43.6 Å². The molecule has 1 heterocycles. The van der Waals surface area contributed by atoms with Gasteiger partial charge in [0.2, 0.25) is 0 Å². The van der Waals surface area contributed by atoms with Gasteiger partial charge in [0, 0.05) is 31.2 Å². The molecule has 1 aliphatic rings. The summed E-state index contributed by atoms with van der Waals surface area (Å²) in [6, 6.07) is 13.6. The minimum absolute atomic E-state index is 0.0278. The molecule has 5 nitrogen and oxygen atoms in total. The molecule has 1 fully saturated rings. The quantitative estimate of drug-likeness (QED) is 0.746. The molecule has 1 saturated heterocycles. The zero-order chi connectivity index (χ0) is 19.9. The Balaban J connectivity index is 1.40. The highest BCUT2D eigenvalue weighted by Crippen LogP contribution is 2.21. The number of amides is 1. The number of aliphatic hydroxyl groups is 1. The molecular weight excluding hydrogens is 376 g/mol. The van der Waals surface area contributed by atoms with Gasteiger partial charge in [0.1, 0.15) is 5.75 Å². The number of likely N-dealkylation sites (tertiary alicyclic amines) is 1. The van der Waals surface area contributed by atoms with Crippen LogP contribution in [0.3, 0.4) is 0 Å². The Hall–Kier alpha value is -2.08. The maximum atomic E-state index is 12.0. The smallest absolute Gasteiger partial charge is 0.258 e. The van der Waals surface area contributed by atoms with Gasteiger partial charge in [-0.1, -0.05) is 35.9 Å². The van der Waals surface area contributed by atoms with E-state index in [-0.39, 0.29) is 18.6 Å². The van der Waals surface area contributed by atoms with Crippen molar-refractivity contribution < 1.29 is 14.6 Å². The average molecular weight is 403 g/mol. The molecule has 0 aromatic heterocycles. The van der Waals surface area contributed by atoms with Gasteiger partial charge in [-0.15, -0.1) is 0 Å². The molecule has 0 spiro atoms. The number of nitrogens with zero attached hydrogens (tertiary/aromatic N) is 1. The van der Waals surface area contributed by atoms with Gasteiger partial charge in [-0.3, -0.25) is 9.69 Å². The fraction of sp³-hybridized carbons (Fsp3) is 0.409. The molecule has 6 heteroatoms. The summed E-state index contributed by atoms with van der Waals surface area (Å²) in [5, 5.41) is 13.1. The van der Waals surface area contributed by atoms with Crippen molar-refractivity contribution in [3.05, 3.63) is 64.2 Å². The highest BCUT2D eigenvalue weighted by molar-refractivity contribution is 6.31. The van der Waals surface area contributed by atoms with E-state index in [2.05, 4.69) is 22.3 Å². The molecule has 28 heavy (non-hydrogen) atoms. The van der Waals surface area contributed by atoms with E-state index < -0.39 is 0 Å². The summed E-state index contributed by atoms with van der Waals surface area (Å²) in [7, 11) is 0. The van der Waals surface area contributed by atoms with Gasteiger partial charge in [-0.2, -0.15) is 0 Å². The predicted molar refractivity (Wildman–Crippen MR) is 110 cm³/mol. The number of ether oxygens (including phenoxy) is 1. The predicted octanol–water partition coefficient (Wildman–Crippen LogP) is 3.30. The molecule has 0 aliphatic carbocycles. The number of nitrogens with one attached hydrogen (secondary N) is 1. The number of aliphatic hydroxyl groups excluding tert-OH is 1. The average Bonchev–Trinajstić information content (AvgIpc) is 2.70. The van der Waals surface area contributed by atoms with Crippen molar-refractivity contribution in [2.24, 2.45) is 0 Å². The van der Waals surface area contributed by atoms with Crippen LogP contribution in [0.1, 0.15) is 29.5 Å². The van der Waals surface area contributed by atoms with E-state index in [1.807, 2.05) is 25.1 Å². The minimum Gasteiger partial charge on any atom is -0.484 e. The summed E-state index contributed by atoms with van der Waals surface area (Å²) < 4.78 is 5.51. The highest BCUT2D eigenvalue weighted by Gasteiger charge is 2.16. The van der Waals surface area contributed by atoms with Crippen LogP contribution in [0.15, 0.2) is 42.5 Å². The topological polar surface area (TPSA) is 61.8 Å². The molecule has 0 unspecified atom stereocenters. The summed E-state index contributed by atoms with van der Waals surface area (Å²) in [5.41, 5.74) is 3.21. The molecule has 1 amide bonds. The van der Waals surface area contributed by atoms with Gasteiger partial charge in [0.25, 0.3) is 5.91 Å². The fourth-order valence-electron chi connectivity index (χ4n) is 3.21. The second-order valence-electron chi connectivity index (χ2n) is 7.30. The highest BCUT2D eigenvalue weighted by atomic mass is 35.5. The summed E-state index contributed by atoms with van der Waals surface area (Å²) >= 11 is 5.98. The Bertz CT molecular complexity index is 787. The summed E-state index contributed by atoms with van der Waals surface area (Å²) in [4.78, 5) is 14.4. The van der Waals surface area contributed by atoms with Gasteiger partial charge in [0.15, 0.2) is 6.61 Å². The van der Waals surface area contributed by atoms with Crippen molar-refractivity contribution >= 4 is 17.5 Å². The van der Waals surface area contributed by atoms with Crippen molar-refractivity contribution in [2.45, 2.75) is 39.0 Å². The zero-order valence-corrected chi connectivity index (χ0v) is 16.9. The number of carbonyl (C=O) groups excluding carboxylic acids is 1. The van der Waals surface area contributed by atoms with E-state index >= 15 is 0 Å². The van der Waals surface area contributed by atoms with Crippen LogP contribution in [0.25, 0.3) is 0 Å². The molecule has 2 aromatic carbocycles. The molecule has 0 saturated carbocycles. The summed E-state index contributed by atoms with van der Waals surface area (Å²) in [6.07, 6.45) is 1.55. The van der Waals surface area contributed by atoms with Crippen molar-refractivity contribution in [3.63, 3.8) is 0 Å². The number of hydrogen-bond acceptors (Lipinski definition) is 4. The SMILES string of the molecule is Cc1cc(OCC(=O)NCc2ccc(CN3CCC(O)CC3)cc2)ccc1Cl. The maximum absolute atomic E-state index is 12.0. The molecule has 0 radical (unpaired) electrons. The first-order chi connectivity index (χ1) is 13.5. The second-order valence-corrected chi connectivity index (χ2v) is 7.71. The van der Waals surface area contributed by atoms with E-state index in [0.29, 0.717) is 17.3 Å². The van der Waals surface area contributed by atoms with Gasteiger partial charge < -0.3 is 15.2 Å². The molecule has 2 aromatic rings. The Morgan fingerprint density at radius 1 is 1.18 bits per heavy atom. The third kappa shape index (κ3) is 6.23. The van der Waals surface area contributed by atoms with E-state index in [1.54, 1.807) is 12.1 Å². The van der Waals surface area contributed by atoms with E-state index in [4.69, 9.17) is 16.3 Å². The monoisotopic (exact) mass is 402 g/mol. The maximum Gasteiger partial charge on any atom is 0.258 e. The largest absolute Gasteiger partial charge is 0.484 e. The van der Waals surface area contributed by atoms with Crippen LogP contribution < -0.4 is 10.1 Å². The minimum atomic E-state index is -0.163. The lowest BCUT2D eigenvalue weighted by molar-refractivity contribution is -0.123. The standard InChI is InChI=1S/C22H27ClN2O3/c1-16-12-20(6-7-21(16)23)28-15-22(27)24-13-17-2-4-18(5-3-17)14-25-10-8-19(26)9-11-25/h2-7,12,19,26H,8-11,13-15H2,1H3,(H,24,27). The first kappa shape index (κ1) is 20.6. The Labute approximate surface area is 171 Å². The van der Waals surface area contributed by atoms with Crippen molar-refractivity contribution in [3.8, 4) is 5.75 Å². The van der Waals surface area contributed by atoms with Gasteiger partial charge in [-0.25, -0.2) is 0 Å². The van der Waals surface area contributed by atoms with Crippen LogP contribution in [-0.2, 0) is 17.9 Å². The number of carbonyl (C=O) groups is 1. The first-order valence-corrected chi connectivity index (χ1v) is 10.0. The molecule has 0 bridgehead atoms. The third-order valence-corrected chi connectivity index (χ3v) is 5.40. The second kappa shape index (κ2) is 9.92. The number of benzene rings is 2. The number of hydrogen-bond donors (Lipinski definition) is 2. The first-order valence-electron chi connectivity index (χ1n) is 9.63. The third-order valence-electron chi connectivity index (χ3n) is 4.98. The molecule has 2 N–H and O–H groups in total. The van der Waals surface area contributed by atoms with Gasteiger partial charge >= 0.3 is 0 Å². The summed E-state index contributed by atoms with van der Waals surface area (Å²) in [5.74, 6) is 0.468. The fourth-order valence-corrected chi connectivity index (χ4v) is 3.32. The van der Waals surface area contributed by atoms with Crippen LogP contribution in [0, 0.1) is 6.92 Å². The van der Waals surface area contributed by atoms with Crippen molar-refractivity contribution in [1.82, 2.24) is 10.2 Å². The van der Waals surface area contributed by atoms with Gasteiger partial charge in [0.05, 0.1) is 6.10 Å². The van der Waals surface area contributed by atoms with E-state index in [1.165, 1.54) is 5.56 Å². The Morgan fingerprint density at radius 2 is 1.86 bits per heavy atom. The van der Waals surface area contributed by atoms with Crippen molar-refractivity contribution in [2.75, 3.05) is 19.7 Å². The van der Waals surface area contributed by atoms with Crippen LogP contribution in [0.2, 0.25) is 5.02 Å². The van der Waals surface area contributed by atoms with Crippen LogP contribution in [0.5, 0.6) is 5.75 Å². The number of aryl methyl sites for hydroxylation is 1. The lowest BCUT2D eigenvalue weighted by atomic mass is 10.1. The zero-order valence-electron chi connectivity index (χ0n) is 16.2. The number of piperidine rings is 1. The molecular formula is C22H27ClN2O3. The Kier molecular flexibility index (Phi) is 7.31. The molecule has 0 atom stereocenters. The summed E-state index contributed by atoms with van der Waals surface area (Å²) in [6.45, 7) is 5.11. The number of rotatable bonds is 7. The van der Waals surface area contributed by atoms with Crippen LogP contribution in [0.4, 0.5) is 0 Å². The lowest BCUT2D eigenvalue weighted by Gasteiger charge is -2.29. The number of halogens is 1. The van der Waals surface area contributed by atoms with Crippen LogP contribution in [-0.4, -0.2) is 41.7 Å². The van der Waals surface area contributed by atoms with E-state index in [9.17, 15) is 9.90 Å². The molecule has 1 aliphatic heterocycles. The lowest BCUT2D eigenvalue weighted by Crippen LogP contribution is -2.35. The van der Waals surface area contributed by atoms with Gasteiger partial charge in [-0.05, 0) is 54.7 Å². The molecule has 3 rings (SSSR count).